The van der Waals surface area contributed by atoms with E-state index in [1.54, 1.807) is 12.1 Å². The number of unbranched alkanes of at least 4 members (excludes halogenated alkanes) is 3. The Morgan fingerprint density at radius 3 is 2.14 bits per heavy atom. The van der Waals surface area contributed by atoms with Gasteiger partial charge in [-0.2, -0.15) is 0 Å². The number of benzene rings is 1. The van der Waals surface area contributed by atoms with Crippen LogP contribution in [0.3, 0.4) is 0 Å². The highest BCUT2D eigenvalue weighted by Crippen LogP contribution is 2.33. The van der Waals surface area contributed by atoms with Gasteiger partial charge in [0.1, 0.15) is 5.75 Å². The molecule has 0 saturated heterocycles. The second kappa shape index (κ2) is 13.6. The fourth-order valence-electron chi connectivity index (χ4n) is 4.24. The van der Waals surface area contributed by atoms with Gasteiger partial charge in [0.2, 0.25) is 0 Å². The Labute approximate surface area is 172 Å². The fourth-order valence-corrected chi connectivity index (χ4v) is 4.24. The van der Waals surface area contributed by atoms with Crippen molar-refractivity contribution in [2.45, 2.75) is 90.9 Å². The van der Waals surface area contributed by atoms with E-state index < -0.39 is 0 Å². The van der Waals surface area contributed by atoms with Gasteiger partial charge in [0, 0.05) is 0 Å². The first-order valence-corrected chi connectivity index (χ1v) is 11.6. The molecule has 0 radical (unpaired) electrons. The van der Waals surface area contributed by atoms with Crippen molar-refractivity contribution in [3.63, 3.8) is 0 Å². The van der Waals surface area contributed by atoms with Crippen LogP contribution in [-0.4, -0.2) is 19.2 Å². The molecule has 0 bridgehead atoms. The first-order valence-electron chi connectivity index (χ1n) is 11.6. The molecular weight excluding hydrogens is 348 g/mol. The minimum Gasteiger partial charge on any atom is -0.494 e. The summed E-state index contributed by atoms with van der Waals surface area (Å²) in [6.45, 7) is 5.75. The van der Waals surface area contributed by atoms with Crippen molar-refractivity contribution < 1.29 is 14.3 Å². The maximum absolute atomic E-state index is 12.0. The van der Waals surface area contributed by atoms with Gasteiger partial charge in [0.05, 0.1) is 18.8 Å². The summed E-state index contributed by atoms with van der Waals surface area (Å²) in [5, 5.41) is 0. The highest BCUT2D eigenvalue weighted by atomic mass is 16.5. The lowest BCUT2D eigenvalue weighted by molar-refractivity contribution is 0.0498. The van der Waals surface area contributed by atoms with Crippen LogP contribution < -0.4 is 4.74 Å². The Morgan fingerprint density at radius 1 is 0.821 bits per heavy atom. The Bertz CT molecular complexity index is 529. The summed E-state index contributed by atoms with van der Waals surface area (Å²) >= 11 is 0. The van der Waals surface area contributed by atoms with Gasteiger partial charge in [-0.05, 0) is 55.4 Å². The average Bonchev–Trinajstić information content (AvgIpc) is 2.73. The van der Waals surface area contributed by atoms with E-state index in [0.29, 0.717) is 12.2 Å². The van der Waals surface area contributed by atoms with Crippen molar-refractivity contribution >= 4 is 5.97 Å². The van der Waals surface area contributed by atoms with Gasteiger partial charge in [-0.15, -0.1) is 0 Å². The van der Waals surface area contributed by atoms with Crippen LogP contribution in [0.15, 0.2) is 24.3 Å². The molecule has 1 aromatic carbocycles. The Balaban J connectivity index is 1.58. The van der Waals surface area contributed by atoms with Gasteiger partial charge in [-0.3, -0.25) is 0 Å². The summed E-state index contributed by atoms with van der Waals surface area (Å²) < 4.78 is 11.2. The van der Waals surface area contributed by atoms with Crippen LogP contribution in [0.4, 0.5) is 0 Å². The van der Waals surface area contributed by atoms with E-state index in [2.05, 4.69) is 13.8 Å². The molecule has 28 heavy (non-hydrogen) atoms. The maximum atomic E-state index is 12.0. The highest BCUT2D eigenvalue weighted by Gasteiger charge is 2.20. The van der Waals surface area contributed by atoms with E-state index in [1.807, 2.05) is 12.1 Å². The molecule has 2 rings (SSSR count). The molecule has 1 fully saturated rings. The van der Waals surface area contributed by atoms with Crippen LogP contribution in [0.2, 0.25) is 0 Å². The number of hydrogen-bond acceptors (Lipinski definition) is 3. The molecule has 158 valence electrons. The Morgan fingerprint density at radius 2 is 1.50 bits per heavy atom. The number of hydrogen-bond donors (Lipinski definition) is 0. The predicted octanol–water partition coefficient (Wildman–Crippen LogP) is 7.19. The fraction of sp³-hybridized carbons (Fsp3) is 0.720. The van der Waals surface area contributed by atoms with E-state index in [4.69, 9.17) is 9.47 Å². The molecule has 3 heteroatoms. The topological polar surface area (TPSA) is 35.5 Å². The maximum Gasteiger partial charge on any atom is 0.338 e. The van der Waals surface area contributed by atoms with Crippen LogP contribution in [0.1, 0.15) is 101 Å². The van der Waals surface area contributed by atoms with E-state index in [0.717, 1.165) is 43.5 Å². The van der Waals surface area contributed by atoms with Gasteiger partial charge in [0.15, 0.2) is 0 Å². The third-order valence-electron chi connectivity index (χ3n) is 6.01. The van der Waals surface area contributed by atoms with Crippen LogP contribution in [0, 0.1) is 11.8 Å². The molecule has 0 unspecified atom stereocenters. The second-order valence-corrected chi connectivity index (χ2v) is 8.39. The molecule has 1 aliphatic rings. The zero-order valence-corrected chi connectivity index (χ0v) is 18.1. The normalized spacial score (nSPS) is 19.4. The lowest BCUT2D eigenvalue weighted by atomic mass is 9.78. The molecule has 0 heterocycles. The van der Waals surface area contributed by atoms with Crippen molar-refractivity contribution in [1.29, 1.82) is 0 Å². The van der Waals surface area contributed by atoms with Gasteiger partial charge < -0.3 is 9.47 Å². The number of carbonyl (C=O) groups excluding carboxylic acids is 1. The molecule has 0 aliphatic heterocycles. The van der Waals surface area contributed by atoms with E-state index >= 15 is 0 Å². The van der Waals surface area contributed by atoms with Gasteiger partial charge in [-0.25, -0.2) is 4.79 Å². The van der Waals surface area contributed by atoms with E-state index in [9.17, 15) is 4.79 Å². The molecule has 0 aromatic heterocycles. The van der Waals surface area contributed by atoms with Crippen LogP contribution in [-0.2, 0) is 4.74 Å². The minimum absolute atomic E-state index is 0.235. The summed E-state index contributed by atoms with van der Waals surface area (Å²) in [4.78, 5) is 12.0. The number of ether oxygens (including phenoxy) is 2. The third-order valence-corrected chi connectivity index (χ3v) is 6.01. The summed E-state index contributed by atoms with van der Waals surface area (Å²) in [5.41, 5.74) is 0.603. The Hall–Kier alpha value is -1.51. The lowest BCUT2D eigenvalue weighted by Gasteiger charge is -2.28. The van der Waals surface area contributed by atoms with Crippen molar-refractivity contribution in [3.05, 3.63) is 29.8 Å². The molecular formula is C25H40O3. The first kappa shape index (κ1) is 22.8. The molecule has 1 aromatic rings. The zero-order chi connectivity index (χ0) is 20.0. The molecule has 3 nitrogen and oxygen atoms in total. The van der Waals surface area contributed by atoms with Crippen molar-refractivity contribution in [2.24, 2.45) is 11.8 Å². The van der Waals surface area contributed by atoms with E-state index in [1.165, 1.54) is 57.8 Å². The summed E-state index contributed by atoms with van der Waals surface area (Å²) in [5.74, 6) is 2.48. The summed E-state index contributed by atoms with van der Waals surface area (Å²) in [6.07, 6.45) is 15.3. The van der Waals surface area contributed by atoms with Crippen LogP contribution in [0.25, 0.3) is 0 Å². The molecule has 0 atom stereocenters. The van der Waals surface area contributed by atoms with Crippen molar-refractivity contribution in [2.75, 3.05) is 13.2 Å². The van der Waals surface area contributed by atoms with Gasteiger partial charge in [-0.1, -0.05) is 71.6 Å². The van der Waals surface area contributed by atoms with Crippen LogP contribution in [0.5, 0.6) is 5.75 Å². The predicted molar refractivity (Wildman–Crippen MR) is 116 cm³/mol. The quantitative estimate of drug-likeness (QED) is 0.265. The Kier molecular flexibility index (Phi) is 11.1. The molecule has 1 aliphatic carbocycles. The zero-order valence-electron chi connectivity index (χ0n) is 18.1. The highest BCUT2D eigenvalue weighted by molar-refractivity contribution is 5.89. The first-order chi connectivity index (χ1) is 13.7. The number of rotatable bonds is 13. The van der Waals surface area contributed by atoms with Crippen LogP contribution >= 0.6 is 0 Å². The average molecular weight is 389 g/mol. The molecule has 1 saturated carbocycles. The number of esters is 1. The minimum atomic E-state index is -0.235. The standard InChI is InChI=1S/C25H40O3/c1-3-5-6-7-19-28-25(26)23-15-17-24(18-16-23)27-20-8-10-22-13-11-21(9-4-2)12-14-22/h15-18,21-22H,3-14,19-20H2,1-2H3/t21-,22-. The van der Waals surface area contributed by atoms with Crippen molar-refractivity contribution in [3.8, 4) is 5.75 Å². The largest absolute Gasteiger partial charge is 0.494 e. The molecule has 0 N–H and O–H groups in total. The van der Waals surface area contributed by atoms with Gasteiger partial charge in [0.25, 0.3) is 0 Å². The van der Waals surface area contributed by atoms with E-state index in [-0.39, 0.29) is 5.97 Å². The number of carbonyl (C=O) groups is 1. The smallest absolute Gasteiger partial charge is 0.338 e. The second-order valence-electron chi connectivity index (χ2n) is 8.39. The SMILES string of the molecule is CCCCCCOC(=O)c1ccc(OCCC[C@H]2CC[C@H](CCC)CC2)cc1. The third kappa shape index (κ3) is 8.67. The van der Waals surface area contributed by atoms with Crippen molar-refractivity contribution in [1.82, 2.24) is 0 Å². The lowest BCUT2D eigenvalue weighted by Crippen LogP contribution is -2.15. The monoisotopic (exact) mass is 388 g/mol. The molecule has 0 spiro atoms. The van der Waals surface area contributed by atoms with Gasteiger partial charge >= 0.3 is 5.97 Å². The summed E-state index contributed by atoms with van der Waals surface area (Å²) in [6, 6.07) is 7.37. The summed E-state index contributed by atoms with van der Waals surface area (Å²) in [7, 11) is 0. The molecule has 0 amide bonds.